The molecule has 0 atom stereocenters. The standard InChI is InChI=1S/C23H26O2/c1-6-22(24)23(4,5)25-21-15-13-20(14-16-21)18(3)11-12-19-10-8-7-9-17(19)2/h6-10,13-16H,1,3,11-12H2,2,4-5H3. The molecule has 2 heteroatoms. The van der Waals surface area contributed by atoms with Crippen molar-refractivity contribution >= 4 is 11.4 Å². The molecule has 2 nitrogen and oxygen atoms in total. The van der Waals surface area contributed by atoms with Crippen LogP contribution in [0.1, 0.15) is 37.0 Å². The van der Waals surface area contributed by atoms with Crippen molar-refractivity contribution in [2.45, 2.75) is 39.2 Å². The van der Waals surface area contributed by atoms with Crippen molar-refractivity contribution in [2.75, 3.05) is 0 Å². The molecule has 0 fully saturated rings. The van der Waals surface area contributed by atoms with E-state index in [0.717, 1.165) is 24.0 Å². The number of benzene rings is 2. The fraction of sp³-hybridized carbons (Fsp3) is 0.261. The Bertz CT molecular complexity index is 767. The number of hydrogen-bond acceptors (Lipinski definition) is 2. The number of ether oxygens (including phenoxy) is 1. The van der Waals surface area contributed by atoms with Gasteiger partial charge >= 0.3 is 0 Å². The Kier molecular flexibility index (Phi) is 5.97. The van der Waals surface area contributed by atoms with Crippen LogP contribution in [0, 0.1) is 6.92 Å². The van der Waals surface area contributed by atoms with Gasteiger partial charge in [0.15, 0.2) is 11.4 Å². The fourth-order valence-electron chi connectivity index (χ4n) is 2.67. The van der Waals surface area contributed by atoms with Gasteiger partial charge in [-0.1, -0.05) is 49.6 Å². The van der Waals surface area contributed by atoms with Crippen LogP contribution in [0.4, 0.5) is 0 Å². The predicted molar refractivity (Wildman–Crippen MR) is 105 cm³/mol. The largest absolute Gasteiger partial charge is 0.480 e. The number of hydrogen-bond donors (Lipinski definition) is 0. The van der Waals surface area contributed by atoms with Crippen molar-refractivity contribution < 1.29 is 9.53 Å². The zero-order valence-electron chi connectivity index (χ0n) is 15.3. The monoisotopic (exact) mass is 334 g/mol. The number of aryl methyl sites for hydroxylation is 2. The van der Waals surface area contributed by atoms with Crippen molar-refractivity contribution in [2.24, 2.45) is 0 Å². The molecule has 0 saturated carbocycles. The molecule has 130 valence electrons. The Morgan fingerprint density at radius 3 is 2.36 bits per heavy atom. The van der Waals surface area contributed by atoms with Gasteiger partial charge in [-0.3, -0.25) is 4.79 Å². The van der Waals surface area contributed by atoms with Crippen LogP contribution in [0.25, 0.3) is 5.57 Å². The maximum Gasteiger partial charge on any atom is 0.198 e. The third kappa shape index (κ3) is 4.93. The Hall–Kier alpha value is -2.61. The summed E-state index contributed by atoms with van der Waals surface area (Å²) in [6.07, 6.45) is 3.18. The molecular weight excluding hydrogens is 308 g/mol. The Labute approximate surface area is 150 Å². The van der Waals surface area contributed by atoms with Crippen LogP contribution in [-0.4, -0.2) is 11.4 Å². The van der Waals surface area contributed by atoms with Gasteiger partial charge in [0.2, 0.25) is 0 Å². The van der Waals surface area contributed by atoms with E-state index in [4.69, 9.17) is 4.74 Å². The average Bonchev–Trinajstić information content (AvgIpc) is 2.60. The first kappa shape index (κ1) is 18.7. The average molecular weight is 334 g/mol. The highest BCUT2D eigenvalue weighted by Gasteiger charge is 2.27. The number of rotatable bonds is 8. The summed E-state index contributed by atoms with van der Waals surface area (Å²) in [6, 6.07) is 16.2. The van der Waals surface area contributed by atoms with E-state index in [1.165, 1.54) is 17.2 Å². The van der Waals surface area contributed by atoms with Gasteiger partial charge in [-0.2, -0.15) is 0 Å². The Morgan fingerprint density at radius 2 is 1.76 bits per heavy atom. The molecule has 0 unspecified atom stereocenters. The van der Waals surface area contributed by atoms with Crippen LogP contribution in [0.15, 0.2) is 67.8 Å². The third-order valence-corrected chi connectivity index (χ3v) is 4.37. The summed E-state index contributed by atoms with van der Waals surface area (Å²) in [5.41, 5.74) is 3.94. The lowest BCUT2D eigenvalue weighted by Gasteiger charge is -2.23. The van der Waals surface area contributed by atoms with Crippen molar-refractivity contribution in [3.63, 3.8) is 0 Å². The first-order chi connectivity index (χ1) is 11.8. The second-order valence-electron chi connectivity index (χ2n) is 6.74. The summed E-state index contributed by atoms with van der Waals surface area (Å²) in [4.78, 5) is 11.8. The molecule has 0 spiro atoms. The second kappa shape index (κ2) is 7.98. The molecule has 0 aromatic heterocycles. The van der Waals surface area contributed by atoms with Gasteiger partial charge in [0.1, 0.15) is 5.75 Å². The number of carbonyl (C=O) groups is 1. The number of carbonyl (C=O) groups excluding carboxylic acids is 1. The Morgan fingerprint density at radius 1 is 1.12 bits per heavy atom. The van der Waals surface area contributed by atoms with E-state index in [1.54, 1.807) is 13.8 Å². The van der Waals surface area contributed by atoms with E-state index in [0.29, 0.717) is 5.75 Å². The highest BCUT2D eigenvalue weighted by Crippen LogP contribution is 2.25. The molecule has 0 radical (unpaired) electrons. The van der Waals surface area contributed by atoms with Gasteiger partial charge in [0, 0.05) is 0 Å². The zero-order chi connectivity index (χ0) is 18.4. The van der Waals surface area contributed by atoms with E-state index < -0.39 is 5.60 Å². The van der Waals surface area contributed by atoms with Crippen LogP contribution in [-0.2, 0) is 11.2 Å². The number of ketones is 1. The quantitative estimate of drug-likeness (QED) is 0.591. The second-order valence-corrected chi connectivity index (χ2v) is 6.74. The highest BCUT2D eigenvalue weighted by atomic mass is 16.5. The summed E-state index contributed by atoms with van der Waals surface area (Å²) in [5, 5.41) is 0. The van der Waals surface area contributed by atoms with Gasteiger partial charge in [-0.25, -0.2) is 0 Å². The smallest absolute Gasteiger partial charge is 0.198 e. The van der Waals surface area contributed by atoms with Crippen LogP contribution in [0.3, 0.4) is 0 Å². The first-order valence-corrected chi connectivity index (χ1v) is 8.52. The minimum atomic E-state index is -0.912. The number of allylic oxidation sites excluding steroid dienone is 1. The summed E-state index contributed by atoms with van der Waals surface area (Å²) in [5.74, 6) is 0.523. The summed E-state index contributed by atoms with van der Waals surface area (Å²) in [7, 11) is 0. The van der Waals surface area contributed by atoms with E-state index >= 15 is 0 Å². The van der Waals surface area contributed by atoms with Gasteiger partial charge in [0.05, 0.1) is 0 Å². The normalized spacial score (nSPS) is 11.0. The molecule has 0 amide bonds. The molecule has 0 aliphatic rings. The predicted octanol–water partition coefficient (Wildman–Crippen LogP) is 5.55. The molecule has 2 rings (SSSR count). The summed E-state index contributed by atoms with van der Waals surface area (Å²) in [6.45, 7) is 13.3. The molecule has 0 aliphatic carbocycles. The molecule has 25 heavy (non-hydrogen) atoms. The van der Waals surface area contributed by atoms with Gasteiger partial charge in [-0.05, 0) is 74.1 Å². The third-order valence-electron chi connectivity index (χ3n) is 4.37. The van der Waals surface area contributed by atoms with E-state index in [-0.39, 0.29) is 5.78 Å². The fourth-order valence-corrected chi connectivity index (χ4v) is 2.67. The molecule has 0 N–H and O–H groups in total. The Balaban J connectivity index is 1.99. The van der Waals surface area contributed by atoms with E-state index in [2.05, 4.69) is 44.3 Å². The van der Waals surface area contributed by atoms with Gasteiger partial charge in [0.25, 0.3) is 0 Å². The summed E-state index contributed by atoms with van der Waals surface area (Å²) >= 11 is 0. The van der Waals surface area contributed by atoms with Crippen LogP contribution >= 0.6 is 0 Å². The molecule has 0 saturated heterocycles. The molecule has 2 aromatic rings. The van der Waals surface area contributed by atoms with Crippen molar-refractivity contribution in [1.82, 2.24) is 0 Å². The van der Waals surface area contributed by atoms with E-state index in [1.807, 2.05) is 24.3 Å². The molecule has 0 aliphatic heterocycles. The van der Waals surface area contributed by atoms with Crippen molar-refractivity contribution in [3.05, 3.63) is 84.5 Å². The molecule has 0 heterocycles. The lowest BCUT2D eigenvalue weighted by Crippen LogP contribution is -2.36. The molecule has 2 aromatic carbocycles. The first-order valence-electron chi connectivity index (χ1n) is 8.52. The van der Waals surface area contributed by atoms with Crippen molar-refractivity contribution in [3.8, 4) is 5.75 Å². The van der Waals surface area contributed by atoms with Crippen LogP contribution in [0.5, 0.6) is 5.75 Å². The maximum absolute atomic E-state index is 11.8. The summed E-state index contributed by atoms with van der Waals surface area (Å²) < 4.78 is 5.78. The maximum atomic E-state index is 11.8. The topological polar surface area (TPSA) is 26.3 Å². The molecule has 0 bridgehead atoms. The minimum absolute atomic E-state index is 0.140. The van der Waals surface area contributed by atoms with Crippen molar-refractivity contribution in [1.29, 1.82) is 0 Å². The molecular formula is C23H26O2. The van der Waals surface area contributed by atoms with Crippen LogP contribution in [0.2, 0.25) is 0 Å². The van der Waals surface area contributed by atoms with Crippen LogP contribution < -0.4 is 4.74 Å². The van der Waals surface area contributed by atoms with Gasteiger partial charge in [-0.15, -0.1) is 0 Å². The zero-order valence-corrected chi connectivity index (χ0v) is 15.3. The SMILES string of the molecule is C=CC(=O)C(C)(C)Oc1ccc(C(=C)CCc2ccccc2C)cc1. The van der Waals surface area contributed by atoms with E-state index in [9.17, 15) is 4.79 Å². The minimum Gasteiger partial charge on any atom is -0.480 e. The lowest BCUT2D eigenvalue weighted by atomic mass is 9.97. The van der Waals surface area contributed by atoms with Gasteiger partial charge < -0.3 is 4.74 Å². The highest BCUT2D eigenvalue weighted by molar-refractivity contribution is 5.96. The lowest BCUT2D eigenvalue weighted by molar-refractivity contribution is -0.126.